The van der Waals surface area contributed by atoms with E-state index in [9.17, 15) is 4.57 Å². The first-order valence-corrected chi connectivity index (χ1v) is 5.31. The topological polar surface area (TPSA) is 95.6 Å². The lowest BCUT2D eigenvalue weighted by Gasteiger charge is -2.03. The van der Waals surface area contributed by atoms with Gasteiger partial charge in [0, 0.05) is 13.1 Å². The second kappa shape index (κ2) is 5.69. The van der Waals surface area contributed by atoms with Crippen LogP contribution in [0.2, 0.25) is 0 Å². The van der Waals surface area contributed by atoms with E-state index in [4.69, 9.17) is 15.5 Å². The van der Waals surface area contributed by atoms with E-state index in [1.54, 1.807) is 0 Å². The van der Waals surface area contributed by atoms with Crippen molar-refractivity contribution in [3.8, 4) is 0 Å². The summed E-state index contributed by atoms with van der Waals surface area (Å²) in [6, 6.07) is 0. The zero-order valence-corrected chi connectivity index (χ0v) is 7.26. The Bertz CT molecular complexity index is 136. The molecule has 0 heterocycles. The van der Waals surface area contributed by atoms with Crippen LogP contribution in [-0.2, 0) is 4.57 Å². The van der Waals surface area contributed by atoms with Gasteiger partial charge in [-0.2, -0.15) is 0 Å². The molecule has 5 N–H and O–H groups in total. The van der Waals surface area contributed by atoms with E-state index in [-0.39, 0.29) is 6.16 Å². The lowest BCUT2D eigenvalue weighted by atomic mass is 10.5. The summed E-state index contributed by atoms with van der Waals surface area (Å²) in [5.41, 5.74) is 5.18. The van der Waals surface area contributed by atoms with Crippen molar-refractivity contribution in [2.24, 2.45) is 5.73 Å². The van der Waals surface area contributed by atoms with E-state index in [0.717, 1.165) is 0 Å². The summed E-state index contributed by atoms with van der Waals surface area (Å²) < 4.78 is 10.3. The van der Waals surface area contributed by atoms with Crippen LogP contribution in [0.15, 0.2) is 0 Å². The van der Waals surface area contributed by atoms with Crippen molar-refractivity contribution in [2.75, 3.05) is 25.8 Å². The first-order valence-electron chi connectivity index (χ1n) is 3.51. The summed E-state index contributed by atoms with van der Waals surface area (Å²) in [5.74, 6) is 0. The summed E-state index contributed by atoms with van der Waals surface area (Å²) in [6.07, 6.45) is 0.439. The molecule has 0 saturated carbocycles. The van der Waals surface area contributed by atoms with E-state index in [1.165, 1.54) is 0 Å². The van der Waals surface area contributed by atoms with Crippen molar-refractivity contribution in [1.29, 1.82) is 0 Å². The molecule has 0 fully saturated rings. The van der Waals surface area contributed by atoms with Gasteiger partial charge in [-0.1, -0.05) is 0 Å². The minimum absolute atomic E-state index is 0.0510. The van der Waals surface area contributed by atoms with E-state index >= 15 is 0 Å². The van der Waals surface area contributed by atoms with Gasteiger partial charge >= 0.3 is 7.60 Å². The van der Waals surface area contributed by atoms with Crippen LogP contribution in [0.1, 0.15) is 6.42 Å². The lowest BCUT2D eigenvalue weighted by molar-refractivity contribution is 0.371. The Hall–Kier alpha value is 0.0700. The summed E-state index contributed by atoms with van der Waals surface area (Å²) >= 11 is 0. The van der Waals surface area contributed by atoms with Crippen molar-refractivity contribution in [1.82, 2.24) is 5.32 Å². The number of rotatable bonds is 6. The third-order valence-corrected chi connectivity index (χ3v) is 2.02. The highest BCUT2D eigenvalue weighted by atomic mass is 31.2. The second-order valence-electron chi connectivity index (χ2n) is 2.28. The quantitative estimate of drug-likeness (QED) is 0.315. The predicted octanol–water partition coefficient (Wildman–Crippen LogP) is -0.898. The summed E-state index contributed by atoms with van der Waals surface area (Å²) in [6.45, 7) is 1.86. The molecule has 68 valence electrons. The van der Waals surface area contributed by atoms with E-state index < -0.39 is 7.60 Å². The third-order valence-electron chi connectivity index (χ3n) is 1.12. The number of hydrogen-bond acceptors (Lipinski definition) is 3. The van der Waals surface area contributed by atoms with Crippen LogP contribution in [0.4, 0.5) is 0 Å². The van der Waals surface area contributed by atoms with Gasteiger partial charge in [-0.3, -0.25) is 4.57 Å². The van der Waals surface area contributed by atoms with Crippen molar-refractivity contribution < 1.29 is 14.4 Å². The first kappa shape index (κ1) is 11.1. The van der Waals surface area contributed by atoms with Crippen molar-refractivity contribution >= 4 is 7.60 Å². The molecule has 11 heavy (non-hydrogen) atoms. The van der Waals surface area contributed by atoms with Crippen LogP contribution in [0.25, 0.3) is 0 Å². The van der Waals surface area contributed by atoms with Gasteiger partial charge in [-0.25, -0.2) is 0 Å². The summed E-state index contributed by atoms with van der Waals surface area (Å²) in [5, 5.41) is 2.94. The molecular formula is C5H15N2O3P. The number of hydrogen-bond donors (Lipinski definition) is 4. The summed E-state index contributed by atoms with van der Waals surface area (Å²) in [4.78, 5) is 16.9. The van der Waals surface area contributed by atoms with Gasteiger partial charge in [-0.15, -0.1) is 0 Å². The van der Waals surface area contributed by atoms with Crippen molar-refractivity contribution in [2.45, 2.75) is 6.42 Å². The van der Waals surface area contributed by atoms with Crippen molar-refractivity contribution in [3.05, 3.63) is 0 Å². The fourth-order valence-corrected chi connectivity index (χ4v) is 1.21. The molecule has 0 bridgehead atoms. The van der Waals surface area contributed by atoms with Gasteiger partial charge in [0.1, 0.15) is 0 Å². The molecule has 6 heteroatoms. The van der Waals surface area contributed by atoms with Crippen LogP contribution in [0, 0.1) is 0 Å². The Morgan fingerprint density at radius 2 is 2.00 bits per heavy atom. The zero-order valence-electron chi connectivity index (χ0n) is 6.36. The average molecular weight is 182 g/mol. The molecule has 0 aliphatic rings. The molecule has 0 radical (unpaired) electrons. The molecule has 0 amide bonds. The normalized spacial score (nSPS) is 11.9. The Balaban J connectivity index is 3.09. The van der Waals surface area contributed by atoms with Gasteiger partial charge in [0.15, 0.2) is 0 Å². The van der Waals surface area contributed by atoms with E-state index in [0.29, 0.717) is 26.1 Å². The maximum atomic E-state index is 10.3. The highest BCUT2D eigenvalue weighted by Gasteiger charge is 2.10. The number of nitrogens with two attached hydrogens (primary N) is 1. The van der Waals surface area contributed by atoms with Gasteiger partial charge < -0.3 is 20.8 Å². The van der Waals surface area contributed by atoms with Crippen LogP contribution in [0.3, 0.4) is 0 Å². The summed E-state index contributed by atoms with van der Waals surface area (Å²) in [7, 11) is -3.79. The average Bonchev–Trinajstić information content (AvgIpc) is 1.85. The Morgan fingerprint density at radius 1 is 1.36 bits per heavy atom. The zero-order chi connectivity index (χ0) is 8.74. The first-order chi connectivity index (χ1) is 5.06. The SMILES string of the molecule is NCCNCCCP(=O)(O)O. The fourth-order valence-electron chi connectivity index (χ4n) is 0.637. The molecule has 0 aromatic rings. The maximum Gasteiger partial charge on any atom is 0.325 e. The molecule has 0 aliphatic carbocycles. The molecular weight excluding hydrogens is 167 g/mol. The second-order valence-corrected chi connectivity index (χ2v) is 4.06. The lowest BCUT2D eigenvalue weighted by Crippen LogP contribution is -2.23. The van der Waals surface area contributed by atoms with Crippen molar-refractivity contribution in [3.63, 3.8) is 0 Å². The van der Waals surface area contributed by atoms with Gasteiger partial charge in [0.2, 0.25) is 0 Å². The van der Waals surface area contributed by atoms with Crippen LogP contribution >= 0.6 is 7.60 Å². The molecule has 0 spiro atoms. The van der Waals surface area contributed by atoms with Gasteiger partial charge in [0.05, 0.1) is 6.16 Å². The maximum absolute atomic E-state index is 10.3. The van der Waals surface area contributed by atoms with Gasteiger partial charge in [-0.05, 0) is 13.0 Å². The molecule has 0 saturated heterocycles. The third kappa shape index (κ3) is 10.1. The monoisotopic (exact) mass is 182 g/mol. The standard InChI is InChI=1S/C5H15N2O3P/c6-2-4-7-3-1-5-11(8,9)10/h7H,1-6H2,(H2,8,9,10). The minimum atomic E-state index is -3.79. The molecule has 0 rings (SSSR count). The molecule has 0 aromatic carbocycles. The molecule has 0 aromatic heterocycles. The molecule has 0 aliphatic heterocycles. The highest BCUT2D eigenvalue weighted by Crippen LogP contribution is 2.34. The van der Waals surface area contributed by atoms with Crippen LogP contribution < -0.4 is 11.1 Å². The Labute approximate surface area is 66.1 Å². The molecule has 5 nitrogen and oxygen atoms in total. The highest BCUT2D eigenvalue weighted by molar-refractivity contribution is 7.51. The van der Waals surface area contributed by atoms with Crippen LogP contribution in [0.5, 0.6) is 0 Å². The van der Waals surface area contributed by atoms with Gasteiger partial charge in [0.25, 0.3) is 0 Å². The Kier molecular flexibility index (Phi) is 5.72. The predicted molar refractivity (Wildman–Crippen MR) is 43.5 cm³/mol. The molecule has 0 atom stereocenters. The molecule has 0 unspecified atom stereocenters. The van der Waals surface area contributed by atoms with Crippen LogP contribution in [-0.4, -0.2) is 35.6 Å². The largest absolute Gasteiger partial charge is 0.329 e. The minimum Gasteiger partial charge on any atom is -0.329 e. The smallest absolute Gasteiger partial charge is 0.325 e. The Morgan fingerprint density at radius 3 is 2.45 bits per heavy atom. The fraction of sp³-hybridized carbons (Fsp3) is 1.00. The number of nitrogens with one attached hydrogen (secondary N) is 1. The van der Waals surface area contributed by atoms with E-state index in [2.05, 4.69) is 5.32 Å². The van der Waals surface area contributed by atoms with E-state index in [1.807, 2.05) is 0 Å².